The quantitative estimate of drug-likeness (QED) is 0.884. The summed E-state index contributed by atoms with van der Waals surface area (Å²) in [5, 5.41) is 3.42. The fraction of sp³-hybridized carbons (Fsp3) is 0.500. The van der Waals surface area contributed by atoms with Crippen molar-refractivity contribution in [1.29, 1.82) is 0 Å². The van der Waals surface area contributed by atoms with E-state index in [0.29, 0.717) is 49.1 Å². The summed E-state index contributed by atoms with van der Waals surface area (Å²) in [6.45, 7) is 7.76. The van der Waals surface area contributed by atoms with Crippen LogP contribution < -0.4 is 5.32 Å². The average molecular weight is 373 g/mol. The summed E-state index contributed by atoms with van der Waals surface area (Å²) in [6, 6.07) is 0. The Hall–Kier alpha value is -2.35. The Bertz CT molecular complexity index is 775. The van der Waals surface area contributed by atoms with Crippen molar-refractivity contribution in [3.63, 3.8) is 0 Å². The lowest BCUT2D eigenvalue weighted by Crippen LogP contribution is -2.34. The van der Waals surface area contributed by atoms with Crippen LogP contribution in [0.3, 0.4) is 0 Å². The summed E-state index contributed by atoms with van der Waals surface area (Å²) >= 11 is 1.43. The van der Waals surface area contributed by atoms with Crippen LogP contribution >= 0.6 is 11.3 Å². The number of aryl methyl sites for hydroxylation is 1. The molecule has 7 nitrogen and oxygen atoms in total. The van der Waals surface area contributed by atoms with Gasteiger partial charge in [0.15, 0.2) is 5.01 Å². The van der Waals surface area contributed by atoms with Crippen molar-refractivity contribution in [3.05, 3.63) is 39.4 Å². The minimum absolute atomic E-state index is 0.109. The highest BCUT2D eigenvalue weighted by Gasteiger charge is 2.24. The molecule has 0 aliphatic carbocycles. The second kappa shape index (κ2) is 7.90. The van der Waals surface area contributed by atoms with Gasteiger partial charge in [-0.1, -0.05) is 13.8 Å². The summed E-state index contributed by atoms with van der Waals surface area (Å²) in [5.41, 5.74) is 2.07. The second-order valence-electron chi connectivity index (χ2n) is 6.83. The molecule has 1 N–H and O–H groups in total. The first kappa shape index (κ1) is 18.4. The summed E-state index contributed by atoms with van der Waals surface area (Å²) in [7, 11) is 0. The maximum Gasteiger partial charge on any atom is 0.280 e. The number of amides is 2. The van der Waals surface area contributed by atoms with Crippen LogP contribution in [0.25, 0.3) is 0 Å². The largest absolute Gasteiger partial charge is 0.350 e. The Morgan fingerprint density at radius 3 is 2.69 bits per heavy atom. The summed E-state index contributed by atoms with van der Waals surface area (Å²) in [6.07, 6.45) is 4.48. The Morgan fingerprint density at radius 2 is 2.00 bits per heavy atom. The summed E-state index contributed by atoms with van der Waals surface area (Å²) in [5.74, 6) is 0.184. The number of fused-ring (bicyclic) bond motifs is 1. The van der Waals surface area contributed by atoms with E-state index in [0.717, 1.165) is 16.3 Å². The summed E-state index contributed by atoms with van der Waals surface area (Å²) in [4.78, 5) is 40.5. The van der Waals surface area contributed by atoms with Gasteiger partial charge in [0.2, 0.25) is 0 Å². The Balaban J connectivity index is 1.65. The molecule has 1 aliphatic heterocycles. The minimum Gasteiger partial charge on any atom is -0.350 e. The molecule has 0 bridgehead atoms. The molecule has 0 spiro atoms. The maximum absolute atomic E-state index is 12.6. The van der Waals surface area contributed by atoms with Gasteiger partial charge in [0, 0.05) is 43.5 Å². The van der Waals surface area contributed by atoms with E-state index in [1.807, 2.05) is 6.92 Å². The van der Waals surface area contributed by atoms with Crippen LogP contribution in [0.15, 0.2) is 12.4 Å². The van der Waals surface area contributed by atoms with Crippen molar-refractivity contribution in [2.75, 3.05) is 19.6 Å². The average Bonchev–Trinajstić information content (AvgIpc) is 2.93. The molecule has 2 aromatic heterocycles. The summed E-state index contributed by atoms with van der Waals surface area (Å²) < 4.78 is 0. The van der Waals surface area contributed by atoms with Gasteiger partial charge in [0.05, 0.1) is 17.6 Å². The first-order chi connectivity index (χ1) is 12.4. The molecule has 8 heteroatoms. The highest BCUT2D eigenvalue weighted by Crippen LogP contribution is 2.23. The van der Waals surface area contributed by atoms with Gasteiger partial charge in [-0.25, -0.2) is 9.97 Å². The molecule has 0 unspecified atom stereocenters. The number of nitrogens with one attached hydrogen (secondary N) is 1. The smallest absolute Gasteiger partial charge is 0.280 e. The van der Waals surface area contributed by atoms with Crippen molar-refractivity contribution in [1.82, 2.24) is 25.2 Å². The Kier molecular flexibility index (Phi) is 5.61. The van der Waals surface area contributed by atoms with Gasteiger partial charge in [0.25, 0.3) is 11.8 Å². The van der Waals surface area contributed by atoms with Gasteiger partial charge in [-0.05, 0) is 12.8 Å². The molecule has 0 fully saturated rings. The molecule has 0 aromatic carbocycles. The molecule has 0 saturated carbocycles. The third-order valence-electron chi connectivity index (χ3n) is 4.16. The molecule has 2 aromatic rings. The fourth-order valence-electron chi connectivity index (χ4n) is 2.70. The van der Waals surface area contributed by atoms with Crippen LogP contribution in [0, 0.1) is 12.8 Å². The van der Waals surface area contributed by atoms with Gasteiger partial charge in [-0.15, -0.1) is 11.3 Å². The molecule has 0 atom stereocenters. The molecular formula is C18H23N5O2S. The van der Waals surface area contributed by atoms with E-state index in [1.165, 1.54) is 17.5 Å². The lowest BCUT2D eigenvalue weighted by molar-refractivity contribution is 0.0756. The lowest BCUT2D eigenvalue weighted by Gasteiger charge is -2.19. The standard InChI is InChI=1S/C18H23N5O2S/c1-11(2)8-21-16(24)17-22-13-4-6-23(7-5-15(13)26-17)18(25)14-10-19-12(3)9-20-14/h9-11H,4-8H2,1-3H3,(H,21,24). The molecule has 2 amide bonds. The van der Waals surface area contributed by atoms with Gasteiger partial charge in [-0.3, -0.25) is 14.6 Å². The number of carbonyl (C=O) groups is 2. The first-order valence-electron chi connectivity index (χ1n) is 8.78. The van der Waals surface area contributed by atoms with Crippen LogP contribution in [0.1, 0.15) is 50.4 Å². The van der Waals surface area contributed by atoms with Crippen molar-refractivity contribution in [3.8, 4) is 0 Å². The van der Waals surface area contributed by atoms with Crippen molar-refractivity contribution in [2.24, 2.45) is 5.92 Å². The Morgan fingerprint density at radius 1 is 1.23 bits per heavy atom. The van der Waals surface area contributed by atoms with E-state index in [2.05, 4.69) is 34.1 Å². The molecule has 1 aliphatic rings. The van der Waals surface area contributed by atoms with Gasteiger partial charge >= 0.3 is 0 Å². The molecule has 3 heterocycles. The molecule has 0 saturated heterocycles. The number of rotatable bonds is 4. The number of thiazole rings is 1. The number of carbonyl (C=O) groups excluding carboxylic acids is 2. The molecule has 138 valence electrons. The lowest BCUT2D eigenvalue weighted by atomic mass is 10.2. The highest BCUT2D eigenvalue weighted by atomic mass is 32.1. The fourth-order valence-corrected chi connectivity index (χ4v) is 3.71. The van der Waals surface area contributed by atoms with Crippen molar-refractivity contribution >= 4 is 23.2 Å². The first-order valence-corrected chi connectivity index (χ1v) is 9.60. The number of hydrogen-bond donors (Lipinski definition) is 1. The highest BCUT2D eigenvalue weighted by molar-refractivity contribution is 7.13. The topological polar surface area (TPSA) is 88.1 Å². The number of hydrogen-bond acceptors (Lipinski definition) is 6. The van der Waals surface area contributed by atoms with Crippen LogP contribution in [-0.2, 0) is 12.8 Å². The second-order valence-corrected chi connectivity index (χ2v) is 7.91. The van der Waals surface area contributed by atoms with Crippen LogP contribution in [0.4, 0.5) is 0 Å². The van der Waals surface area contributed by atoms with Crippen LogP contribution in [0.5, 0.6) is 0 Å². The maximum atomic E-state index is 12.6. The SMILES string of the molecule is Cc1cnc(C(=O)N2CCc3nc(C(=O)NCC(C)C)sc3CC2)cn1. The molecular weight excluding hydrogens is 350 g/mol. The van der Waals surface area contributed by atoms with E-state index in [9.17, 15) is 9.59 Å². The predicted octanol–water partition coefficient (Wildman–Crippen LogP) is 1.87. The van der Waals surface area contributed by atoms with E-state index >= 15 is 0 Å². The zero-order valence-corrected chi connectivity index (χ0v) is 16.1. The van der Waals surface area contributed by atoms with Crippen LogP contribution in [0.2, 0.25) is 0 Å². The van der Waals surface area contributed by atoms with Gasteiger partial charge < -0.3 is 10.2 Å². The van der Waals surface area contributed by atoms with Crippen molar-refractivity contribution in [2.45, 2.75) is 33.6 Å². The van der Waals surface area contributed by atoms with E-state index in [4.69, 9.17) is 0 Å². The minimum atomic E-state index is -0.111. The number of nitrogens with zero attached hydrogens (tertiary/aromatic N) is 4. The molecule has 26 heavy (non-hydrogen) atoms. The number of aromatic nitrogens is 3. The third-order valence-corrected chi connectivity index (χ3v) is 5.31. The van der Waals surface area contributed by atoms with E-state index in [-0.39, 0.29) is 11.8 Å². The normalized spacial score (nSPS) is 14.1. The van der Waals surface area contributed by atoms with Crippen LogP contribution in [-0.4, -0.2) is 51.3 Å². The third kappa shape index (κ3) is 4.24. The molecule has 3 rings (SSSR count). The van der Waals surface area contributed by atoms with E-state index in [1.54, 1.807) is 11.1 Å². The zero-order chi connectivity index (χ0) is 18.7. The predicted molar refractivity (Wildman–Crippen MR) is 99.4 cm³/mol. The molecule has 0 radical (unpaired) electrons. The van der Waals surface area contributed by atoms with Gasteiger partial charge in [0.1, 0.15) is 5.69 Å². The van der Waals surface area contributed by atoms with E-state index < -0.39 is 0 Å². The van der Waals surface area contributed by atoms with Gasteiger partial charge in [-0.2, -0.15) is 0 Å². The Labute approximate surface area is 156 Å². The monoisotopic (exact) mass is 373 g/mol. The van der Waals surface area contributed by atoms with Crippen molar-refractivity contribution < 1.29 is 9.59 Å². The zero-order valence-electron chi connectivity index (χ0n) is 15.3.